The third-order valence-electron chi connectivity index (χ3n) is 3.14. The summed E-state index contributed by atoms with van der Waals surface area (Å²) >= 11 is 5.88. The van der Waals surface area contributed by atoms with E-state index in [0.29, 0.717) is 10.7 Å². The Morgan fingerprint density at radius 3 is 2.94 bits per heavy atom. The molecule has 0 amide bonds. The fourth-order valence-electron chi connectivity index (χ4n) is 2.29. The first-order chi connectivity index (χ1) is 7.72. The average Bonchev–Trinajstić information content (AvgIpc) is 2.29. The summed E-state index contributed by atoms with van der Waals surface area (Å²) in [4.78, 5) is 2.19. The second-order valence-corrected chi connectivity index (χ2v) is 4.67. The molecule has 16 heavy (non-hydrogen) atoms. The summed E-state index contributed by atoms with van der Waals surface area (Å²) in [5.74, 6) is 0. The van der Waals surface area contributed by atoms with Crippen LogP contribution in [0.1, 0.15) is 19.3 Å². The van der Waals surface area contributed by atoms with Crippen LogP contribution < -0.4 is 10.6 Å². The van der Waals surface area contributed by atoms with Crippen molar-refractivity contribution in [3.63, 3.8) is 0 Å². The molecule has 0 spiro atoms. The highest BCUT2D eigenvalue weighted by molar-refractivity contribution is 6.31. The zero-order valence-electron chi connectivity index (χ0n) is 9.19. The van der Waals surface area contributed by atoms with Crippen molar-refractivity contribution in [3.05, 3.63) is 23.2 Å². The number of hydrogen-bond donors (Lipinski definition) is 2. The van der Waals surface area contributed by atoms with Gasteiger partial charge in [-0.15, -0.1) is 0 Å². The average molecular weight is 241 g/mol. The Hall–Kier alpha value is -0.930. The van der Waals surface area contributed by atoms with E-state index >= 15 is 0 Å². The van der Waals surface area contributed by atoms with Gasteiger partial charge in [0.25, 0.3) is 0 Å². The molecule has 1 saturated heterocycles. The molecular weight excluding hydrogens is 224 g/mol. The summed E-state index contributed by atoms with van der Waals surface area (Å²) in [5, 5.41) is 10.0. The third-order valence-corrected chi connectivity index (χ3v) is 3.37. The maximum Gasteiger partial charge on any atom is 0.0635 e. The first-order valence-electron chi connectivity index (χ1n) is 5.65. The van der Waals surface area contributed by atoms with E-state index in [1.165, 1.54) is 6.42 Å². The molecule has 0 bridgehead atoms. The number of hydrogen-bond acceptors (Lipinski definition) is 3. The fourth-order valence-corrected chi connectivity index (χ4v) is 2.47. The van der Waals surface area contributed by atoms with E-state index < -0.39 is 0 Å². The van der Waals surface area contributed by atoms with Gasteiger partial charge in [-0.2, -0.15) is 0 Å². The van der Waals surface area contributed by atoms with E-state index in [-0.39, 0.29) is 12.6 Å². The minimum atomic E-state index is 0.183. The van der Waals surface area contributed by atoms with Gasteiger partial charge in [-0.25, -0.2) is 0 Å². The van der Waals surface area contributed by atoms with E-state index in [4.69, 9.17) is 17.3 Å². The molecule has 2 rings (SSSR count). The minimum absolute atomic E-state index is 0.183. The Bertz CT molecular complexity index is 370. The first-order valence-corrected chi connectivity index (χ1v) is 6.02. The topological polar surface area (TPSA) is 49.5 Å². The Morgan fingerprint density at radius 1 is 1.44 bits per heavy atom. The standard InChI is InChI=1S/C12H17ClN2O/c13-9-4-5-12(11(14)7-9)15-6-2-1-3-10(15)8-16/h4-5,7,10,16H,1-3,6,8,14H2/t10-/m0/s1. The smallest absolute Gasteiger partial charge is 0.0635 e. The van der Waals surface area contributed by atoms with E-state index in [1.807, 2.05) is 12.1 Å². The van der Waals surface area contributed by atoms with Crippen LogP contribution >= 0.6 is 11.6 Å². The third kappa shape index (κ3) is 2.25. The molecule has 1 aliphatic rings. The Kier molecular flexibility index (Phi) is 3.56. The van der Waals surface area contributed by atoms with Gasteiger partial charge >= 0.3 is 0 Å². The maximum absolute atomic E-state index is 9.36. The van der Waals surface area contributed by atoms with Crippen LogP contribution in [-0.2, 0) is 0 Å². The molecule has 1 aromatic carbocycles. The number of nitrogen functional groups attached to an aromatic ring is 1. The molecule has 0 unspecified atom stereocenters. The predicted molar refractivity (Wildman–Crippen MR) is 67.9 cm³/mol. The van der Waals surface area contributed by atoms with Gasteiger partial charge in [0.05, 0.1) is 24.0 Å². The van der Waals surface area contributed by atoms with Gasteiger partial charge in [-0.3, -0.25) is 0 Å². The highest BCUT2D eigenvalue weighted by Crippen LogP contribution is 2.31. The van der Waals surface area contributed by atoms with Gasteiger partial charge in [0, 0.05) is 11.6 Å². The molecule has 0 aromatic heterocycles. The molecular formula is C12H17ClN2O. The second kappa shape index (κ2) is 4.93. The quantitative estimate of drug-likeness (QED) is 0.780. The van der Waals surface area contributed by atoms with E-state index in [0.717, 1.165) is 25.1 Å². The van der Waals surface area contributed by atoms with Crippen LogP contribution in [0.3, 0.4) is 0 Å². The molecule has 1 fully saturated rings. The van der Waals surface area contributed by atoms with E-state index in [1.54, 1.807) is 6.07 Å². The Morgan fingerprint density at radius 2 is 2.25 bits per heavy atom. The number of rotatable bonds is 2. The molecule has 1 atom stereocenters. The van der Waals surface area contributed by atoms with Crippen molar-refractivity contribution in [3.8, 4) is 0 Å². The first kappa shape index (κ1) is 11.6. The summed E-state index contributed by atoms with van der Waals surface area (Å²) in [6.07, 6.45) is 3.35. The Balaban J connectivity index is 2.27. The van der Waals surface area contributed by atoms with E-state index in [2.05, 4.69) is 4.90 Å². The summed E-state index contributed by atoms with van der Waals surface area (Å²) in [6.45, 7) is 1.14. The van der Waals surface area contributed by atoms with Gasteiger partial charge in [0.15, 0.2) is 0 Å². The summed E-state index contributed by atoms with van der Waals surface area (Å²) in [6, 6.07) is 5.74. The van der Waals surface area contributed by atoms with Crippen molar-refractivity contribution < 1.29 is 5.11 Å². The van der Waals surface area contributed by atoms with Crippen molar-refractivity contribution in [1.29, 1.82) is 0 Å². The molecule has 3 N–H and O–H groups in total. The monoisotopic (exact) mass is 240 g/mol. The summed E-state index contributed by atoms with van der Waals surface area (Å²) in [7, 11) is 0. The van der Waals surface area contributed by atoms with Crippen molar-refractivity contribution in [1.82, 2.24) is 0 Å². The van der Waals surface area contributed by atoms with Gasteiger partial charge in [-0.1, -0.05) is 11.6 Å². The van der Waals surface area contributed by atoms with E-state index in [9.17, 15) is 5.11 Å². The normalized spacial score (nSPS) is 21.1. The molecule has 4 heteroatoms. The Labute approximate surface area is 101 Å². The molecule has 0 radical (unpaired) electrons. The molecule has 0 aliphatic carbocycles. The minimum Gasteiger partial charge on any atom is -0.397 e. The lowest BCUT2D eigenvalue weighted by molar-refractivity contribution is 0.240. The molecule has 1 aromatic rings. The van der Waals surface area contributed by atoms with Gasteiger partial charge < -0.3 is 15.7 Å². The summed E-state index contributed by atoms with van der Waals surface area (Å²) in [5.41, 5.74) is 7.64. The number of anilines is 2. The lowest BCUT2D eigenvalue weighted by Gasteiger charge is -2.37. The summed E-state index contributed by atoms with van der Waals surface area (Å²) < 4.78 is 0. The molecule has 3 nitrogen and oxygen atoms in total. The van der Waals surface area contributed by atoms with Crippen LogP contribution in [0.15, 0.2) is 18.2 Å². The van der Waals surface area contributed by atoms with Crippen LogP contribution in [0.25, 0.3) is 0 Å². The zero-order valence-corrected chi connectivity index (χ0v) is 9.95. The van der Waals surface area contributed by atoms with Crippen molar-refractivity contribution in [2.45, 2.75) is 25.3 Å². The zero-order chi connectivity index (χ0) is 11.5. The second-order valence-electron chi connectivity index (χ2n) is 4.23. The molecule has 1 aliphatic heterocycles. The predicted octanol–water partition coefficient (Wildman–Crippen LogP) is 2.27. The van der Waals surface area contributed by atoms with Crippen molar-refractivity contribution >= 4 is 23.0 Å². The van der Waals surface area contributed by atoms with Gasteiger partial charge in [0.1, 0.15) is 0 Å². The fraction of sp³-hybridized carbons (Fsp3) is 0.500. The molecule has 0 saturated carbocycles. The highest BCUT2D eigenvalue weighted by atomic mass is 35.5. The number of nitrogens with two attached hydrogens (primary N) is 1. The molecule has 88 valence electrons. The van der Waals surface area contributed by atoms with Crippen LogP contribution in [0.5, 0.6) is 0 Å². The van der Waals surface area contributed by atoms with Crippen molar-refractivity contribution in [2.75, 3.05) is 23.8 Å². The van der Waals surface area contributed by atoms with Crippen LogP contribution in [0, 0.1) is 0 Å². The lowest BCUT2D eigenvalue weighted by atomic mass is 10.0. The number of nitrogens with zero attached hydrogens (tertiary/aromatic N) is 1. The SMILES string of the molecule is Nc1cc(Cl)ccc1N1CCCC[C@H]1CO. The van der Waals surface area contributed by atoms with Crippen molar-refractivity contribution in [2.24, 2.45) is 0 Å². The number of aliphatic hydroxyl groups excluding tert-OH is 1. The molecule has 1 heterocycles. The lowest BCUT2D eigenvalue weighted by Crippen LogP contribution is -2.42. The van der Waals surface area contributed by atoms with Crippen LogP contribution in [0.2, 0.25) is 5.02 Å². The number of piperidine rings is 1. The van der Waals surface area contributed by atoms with Crippen LogP contribution in [-0.4, -0.2) is 24.3 Å². The number of halogens is 1. The number of benzene rings is 1. The maximum atomic E-state index is 9.36. The van der Waals surface area contributed by atoms with Gasteiger partial charge in [0.2, 0.25) is 0 Å². The highest BCUT2D eigenvalue weighted by Gasteiger charge is 2.23. The van der Waals surface area contributed by atoms with Gasteiger partial charge in [-0.05, 0) is 37.5 Å². The van der Waals surface area contributed by atoms with Crippen LogP contribution in [0.4, 0.5) is 11.4 Å². The number of aliphatic hydroxyl groups is 1. The largest absolute Gasteiger partial charge is 0.397 e.